The first-order valence-electron chi connectivity index (χ1n) is 6.54. The van der Waals surface area contributed by atoms with Crippen molar-refractivity contribution in [3.63, 3.8) is 0 Å². The fourth-order valence-corrected chi connectivity index (χ4v) is 2.83. The van der Waals surface area contributed by atoms with Gasteiger partial charge in [-0.05, 0) is 37.8 Å². The number of ether oxygens (including phenoxy) is 1. The number of esters is 1. The molecule has 1 N–H and O–H groups in total. The lowest BCUT2D eigenvalue weighted by atomic mass is 9.86. The van der Waals surface area contributed by atoms with Crippen molar-refractivity contribution in [2.24, 2.45) is 5.92 Å². The molecular weight excluding hydrogens is 226 g/mol. The summed E-state index contributed by atoms with van der Waals surface area (Å²) in [6.45, 7) is 2.33. The van der Waals surface area contributed by atoms with Crippen LogP contribution in [0.3, 0.4) is 0 Å². The maximum atomic E-state index is 11.8. The van der Waals surface area contributed by atoms with E-state index in [-0.39, 0.29) is 11.9 Å². The quantitative estimate of drug-likeness (QED) is 0.824. The molecule has 0 fully saturated rings. The van der Waals surface area contributed by atoms with E-state index in [1.807, 2.05) is 19.1 Å². The Hall–Kier alpha value is -1.77. The number of rotatable bonds is 2. The zero-order valence-electron chi connectivity index (χ0n) is 10.5. The molecule has 1 aliphatic carbocycles. The van der Waals surface area contributed by atoms with Gasteiger partial charge in [0.1, 0.15) is 0 Å². The summed E-state index contributed by atoms with van der Waals surface area (Å²) in [5, 5.41) is 1.25. The highest BCUT2D eigenvalue weighted by Crippen LogP contribution is 2.32. The zero-order chi connectivity index (χ0) is 12.5. The predicted octanol–water partition coefficient (Wildman–Crippen LogP) is 2.84. The van der Waals surface area contributed by atoms with Crippen LogP contribution in [0.2, 0.25) is 0 Å². The second kappa shape index (κ2) is 4.48. The van der Waals surface area contributed by atoms with Crippen LogP contribution in [-0.2, 0) is 22.4 Å². The smallest absolute Gasteiger partial charge is 0.309 e. The molecular formula is C15H17NO2. The maximum Gasteiger partial charge on any atom is 0.309 e. The molecule has 1 aromatic heterocycles. The number of hydrogen-bond donors (Lipinski definition) is 1. The van der Waals surface area contributed by atoms with Crippen LogP contribution in [0.25, 0.3) is 10.9 Å². The molecule has 0 saturated heterocycles. The van der Waals surface area contributed by atoms with E-state index in [1.54, 1.807) is 0 Å². The summed E-state index contributed by atoms with van der Waals surface area (Å²) in [6, 6.07) is 8.29. The number of H-pyrrole nitrogens is 1. The molecule has 1 aromatic carbocycles. The molecule has 0 amide bonds. The van der Waals surface area contributed by atoms with Crippen molar-refractivity contribution in [2.45, 2.75) is 26.2 Å². The Bertz CT molecular complexity index is 585. The Labute approximate surface area is 106 Å². The summed E-state index contributed by atoms with van der Waals surface area (Å²) in [7, 11) is 0. The van der Waals surface area contributed by atoms with E-state index in [0.717, 1.165) is 19.3 Å². The zero-order valence-corrected chi connectivity index (χ0v) is 10.5. The first-order valence-corrected chi connectivity index (χ1v) is 6.54. The molecule has 1 aliphatic rings. The second-order valence-corrected chi connectivity index (χ2v) is 4.82. The molecule has 3 rings (SSSR count). The number of aromatic amines is 1. The maximum absolute atomic E-state index is 11.8. The van der Waals surface area contributed by atoms with Gasteiger partial charge in [0.05, 0.1) is 12.5 Å². The van der Waals surface area contributed by atoms with E-state index in [4.69, 9.17) is 4.74 Å². The number of nitrogens with one attached hydrogen (secondary N) is 1. The van der Waals surface area contributed by atoms with E-state index in [9.17, 15) is 4.79 Å². The van der Waals surface area contributed by atoms with Crippen molar-refractivity contribution in [2.75, 3.05) is 6.61 Å². The van der Waals surface area contributed by atoms with Crippen molar-refractivity contribution in [1.29, 1.82) is 0 Å². The Morgan fingerprint density at radius 2 is 2.28 bits per heavy atom. The predicted molar refractivity (Wildman–Crippen MR) is 70.4 cm³/mol. The molecule has 3 heteroatoms. The summed E-state index contributed by atoms with van der Waals surface area (Å²) in [6.07, 6.45) is 2.63. The van der Waals surface area contributed by atoms with Crippen LogP contribution >= 0.6 is 0 Å². The molecule has 3 nitrogen and oxygen atoms in total. The second-order valence-electron chi connectivity index (χ2n) is 4.82. The first kappa shape index (κ1) is 11.3. The normalized spacial score (nSPS) is 18.6. The SMILES string of the molecule is CCOC(=O)[C@H]1CCc2[nH]c3ccccc3c2C1. The number of para-hydroxylation sites is 1. The molecule has 2 aromatic rings. The number of aromatic nitrogens is 1. The van der Waals surface area contributed by atoms with Gasteiger partial charge < -0.3 is 9.72 Å². The van der Waals surface area contributed by atoms with Crippen molar-refractivity contribution in [1.82, 2.24) is 4.98 Å². The van der Waals surface area contributed by atoms with E-state index < -0.39 is 0 Å². The molecule has 0 aliphatic heterocycles. The molecule has 18 heavy (non-hydrogen) atoms. The summed E-state index contributed by atoms with van der Waals surface area (Å²) >= 11 is 0. The minimum Gasteiger partial charge on any atom is -0.466 e. The highest BCUT2D eigenvalue weighted by atomic mass is 16.5. The fourth-order valence-electron chi connectivity index (χ4n) is 2.83. The minimum atomic E-state index is -0.0477. The monoisotopic (exact) mass is 243 g/mol. The van der Waals surface area contributed by atoms with Crippen LogP contribution in [0.15, 0.2) is 24.3 Å². The lowest BCUT2D eigenvalue weighted by molar-refractivity contribution is -0.148. The van der Waals surface area contributed by atoms with E-state index in [1.165, 1.54) is 22.2 Å². The van der Waals surface area contributed by atoms with Gasteiger partial charge in [-0.3, -0.25) is 4.79 Å². The van der Waals surface area contributed by atoms with Gasteiger partial charge in [-0.15, -0.1) is 0 Å². The van der Waals surface area contributed by atoms with Crippen molar-refractivity contribution in [3.05, 3.63) is 35.5 Å². The number of fused-ring (bicyclic) bond motifs is 3. The van der Waals surface area contributed by atoms with Crippen LogP contribution in [0, 0.1) is 5.92 Å². The van der Waals surface area contributed by atoms with E-state index in [0.29, 0.717) is 6.61 Å². The number of benzene rings is 1. The summed E-state index contributed by atoms with van der Waals surface area (Å²) in [4.78, 5) is 15.3. The molecule has 0 radical (unpaired) electrons. The standard InChI is InChI=1S/C15H17NO2/c1-2-18-15(17)10-7-8-14-12(9-10)11-5-3-4-6-13(11)16-14/h3-6,10,16H,2,7-9H2,1H3/t10-/m0/s1. The number of hydrogen-bond acceptors (Lipinski definition) is 2. The Balaban J connectivity index is 1.94. The average Bonchev–Trinajstić information content (AvgIpc) is 2.76. The van der Waals surface area contributed by atoms with Crippen LogP contribution in [0.4, 0.5) is 0 Å². The van der Waals surface area contributed by atoms with Gasteiger partial charge in [0.15, 0.2) is 0 Å². The molecule has 0 unspecified atom stereocenters. The molecule has 0 spiro atoms. The van der Waals surface area contributed by atoms with Gasteiger partial charge in [0.25, 0.3) is 0 Å². The van der Waals surface area contributed by atoms with E-state index >= 15 is 0 Å². The molecule has 94 valence electrons. The summed E-state index contributed by atoms with van der Waals surface area (Å²) in [5.74, 6) is -0.0231. The number of carbonyl (C=O) groups is 1. The Kier molecular flexibility index (Phi) is 2.82. The number of carbonyl (C=O) groups excluding carboxylic acids is 1. The van der Waals surface area contributed by atoms with Gasteiger partial charge in [-0.2, -0.15) is 0 Å². The van der Waals surface area contributed by atoms with Gasteiger partial charge in [0.2, 0.25) is 0 Å². The van der Waals surface area contributed by atoms with Crippen LogP contribution in [0.5, 0.6) is 0 Å². The molecule has 1 heterocycles. The lowest BCUT2D eigenvalue weighted by Gasteiger charge is -2.20. The van der Waals surface area contributed by atoms with Gasteiger partial charge >= 0.3 is 5.97 Å². The van der Waals surface area contributed by atoms with Crippen LogP contribution in [-0.4, -0.2) is 17.6 Å². The largest absolute Gasteiger partial charge is 0.466 e. The highest BCUT2D eigenvalue weighted by molar-refractivity contribution is 5.86. The Morgan fingerprint density at radius 3 is 3.11 bits per heavy atom. The van der Waals surface area contributed by atoms with Crippen molar-refractivity contribution < 1.29 is 9.53 Å². The topological polar surface area (TPSA) is 42.1 Å². The lowest BCUT2D eigenvalue weighted by Crippen LogP contribution is -2.24. The highest BCUT2D eigenvalue weighted by Gasteiger charge is 2.27. The Morgan fingerprint density at radius 1 is 1.44 bits per heavy atom. The molecule has 1 atom stereocenters. The van der Waals surface area contributed by atoms with Gasteiger partial charge in [-0.25, -0.2) is 0 Å². The fraction of sp³-hybridized carbons (Fsp3) is 0.400. The number of aryl methyl sites for hydroxylation is 1. The van der Waals surface area contributed by atoms with Crippen LogP contribution < -0.4 is 0 Å². The minimum absolute atomic E-state index is 0.0247. The molecule has 0 bridgehead atoms. The average molecular weight is 243 g/mol. The first-order chi connectivity index (χ1) is 8.79. The van der Waals surface area contributed by atoms with Crippen molar-refractivity contribution in [3.8, 4) is 0 Å². The third-order valence-electron chi connectivity index (χ3n) is 3.72. The summed E-state index contributed by atoms with van der Waals surface area (Å²) < 4.78 is 5.14. The molecule has 0 saturated carbocycles. The van der Waals surface area contributed by atoms with Crippen LogP contribution in [0.1, 0.15) is 24.6 Å². The summed E-state index contributed by atoms with van der Waals surface area (Å²) in [5.41, 5.74) is 3.76. The van der Waals surface area contributed by atoms with Crippen molar-refractivity contribution >= 4 is 16.9 Å². The van der Waals surface area contributed by atoms with Gasteiger partial charge in [0, 0.05) is 16.6 Å². The third kappa shape index (κ3) is 1.80. The third-order valence-corrected chi connectivity index (χ3v) is 3.72. The van der Waals surface area contributed by atoms with Gasteiger partial charge in [-0.1, -0.05) is 18.2 Å². The van der Waals surface area contributed by atoms with E-state index in [2.05, 4.69) is 17.1 Å².